The van der Waals surface area contributed by atoms with Gasteiger partial charge in [0.25, 0.3) is 11.6 Å². The first-order chi connectivity index (χ1) is 14.4. The topological polar surface area (TPSA) is 89.2 Å². The maximum Gasteiger partial charge on any atom is 0.273 e. The van der Waals surface area contributed by atoms with Gasteiger partial charge in [0.15, 0.2) is 0 Å². The summed E-state index contributed by atoms with van der Waals surface area (Å²) in [6, 6.07) is 13.0. The van der Waals surface area contributed by atoms with E-state index < -0.39 is 4.92 Å². The molecule has 0 aliphatic carbocycles. The van der Waals surface area contributed by atoms with Gasteiger partial charge in [-0.05, 0) is 25.1 Å². The van der Waals surface area contributed by atoms with E-state index >= 15 is 0 Å². The second-order valence-corrected chi connectivity index (χ2v) is 7.78. The minimum absolute atomic E-state index is 0.0442. The molecular formula is C22H29N4O4+. The standard InChI is InChI=1S/C22H28N4O4/c1-16-4-5-18(14-20(16)26(28)29)22(27)23-15-21(25-10-12-30-13-11-25)17-6-8-19(9-7-17)24(2)3/h4-9,14,21H,10-13,15H2,1-3H3,(H,23,27)/p+1/t21-/m0/s1. The quantitative estimate of drug-likeness (QED) is 0.529. The van der Waals surface area contributed by atoms with Gasteiger partial charge in [0.1, 0.15) is 19.1 Å². The lowest BCUT2D eigenvalue weighted by Crippen LogP contribution is -3.15. The Balaban J connectivity index is 1.77. The largest absolute Gasteiger partial charge is 0.378 e. The van der Waals surface area contributed by atoms with E-state index in [1.54, 1.807) is 19.1 Å². The highest BCUT2D eigenvalue weighted by Crippen LogP contribution is 2.20. The molecule has 0 saturated carbocycles. The van der Waals surface area contributed by atoms with Crippen LogP contribution in [-0.2, 0) is 4.74 Å². The van der Waals surface area contributed by atoms with Crippen molar-refractivity contribution in [3.8, 4) is 0 Å². The number of quaternary nitrogens is 1. The van der Waals surface area contributed by atoms with Crippen LogP contribution >= 0.6 is 0 Å². The van der Waals surface area contributed by atoms with Gasteiger partial charge < -0.3 is 19.9 Å². The van der Waals surface area contributed by atoms with Crippen LogP contribution in [0.4, 0.5) is 11.4 Å². The number of hydrogen-bond donors (Lipinski definition) is 2. The second-order valence-electron chi connectivity index (χ2n) is 7.78. The Labute approximate surface area is 176 Å². The number of hydrogen-bond acceptors (Lipinski definition) is 5. The molecule has 1 saturated heterocycles. The zero-order valence-electron chi connectivity index (χ0n) is 17.7. The highest BCUT2D eigenvalue weighted by molar-refractivity contribution is 5.95. The second kappa shape index (κ2) is 9.69. The summed E-state index contributed by atoms with van der Waals surface area (Å²) in [6.07, 6.45) is 0. The molecule has 0 bridgehead atoms. The minimum Gasteiger partial charge on any atom is -0.378 e. The summed E-state index contributed by atoms with van der Waals surface area (Å²) in [5.41, 5.74) is 3.05. The maximum absolute atomic E-state index is 12.7. The normalized spacial score (nSPS) is 15.4. The molecule has 0 spiro atoms. The third-order valence-electron chi connectivity index (χ3n) is 5.57. The number of carbonyl (C=O) groups is 1. The Kier molecular flexibility index (Phi) is 7.02. The van der Waals surface area contributed by atoms with Crippen LogP contribution in [0.5, 0.6) is 0 Å². The summed E-state index contributed by atoms with van der Waals surface area (Å²) >= 11 is 0. The molecule has 2 N–H and O–H groups in total. The van der Waals surface area contributed by atoms with Crippen molar-refractivity contribution in [1.29, 1.82) is 0 Å². The lowest BCUT2D eigenvalue weighted by Gasteiger charge is -2.32. The van der Waals surface area contributed by atoms with Crippen LogP contribution in [0, 0.1) is 17.0 Å². The van der Waals surface area contributed by atoms with Crippen molar-refractivity contribution < 1.29 is 19.4 Å². The number of anilines is 1. The molecule has 2 aromatic rings. The molecule has 1 heterocycles. The Morgan fingerprint density at radius 1 is 1.20 bits per heavy atom. The van der Waals surface area contributed by atoms with E-state index in [2.05, 4.69) is 29.6 Å². The van der Waals surface area contributed by atoms with Crippen LogP contribution in [0.2, 0.25) is 0 Å². The number of nitro benzene ring substituents is 1. The smallest absolute Gasteiger partial charge is 0.273 e. The molecule has 1 atom stereocenters. The lowest BCUT2D eigenvalue weighted by atomic mass is 10.0. The number of aryl methyl sites for hydroxylation is 1. The molecule has 0 radical (unpaired) electrons. The fraction of sp³-hybridized carbons (Fsp3) is 0.409. The van der Waals surface area contributed by atoms with Crippen LogP contribution < -0.4 is 15.1 Å². The van der Waals surface area contributed by atoms with E-state index in [1.165, 1.54) is 11.0 Å². The highest BCUT2D eigenvalue weighted by atomic mass is 16.6. The number of ether oxygens (including phenoxy) is 1. The third kappa shape index (κ3) is 5.14. The molecule has 0 unspecified atom stereocenters. The summed E-state index contributed by atoms with van der Waals surface area (Å²) in [5.74, 6) is -0.305. The zero-order chi connectivity index (χ0) is 21.7. The molecule has 1 aliphatic rings. The van der Waals surface area contributed by atoms with E-state index in [1.807, 2.05) is 19.0 Å². The molecule has 3 rings (SSSR count). The van der Waals surface area contributed by atoms with Gasteiger partial charge in [-0.15, -0.1) is 0 Å². The Bertz CT molecular complexity index is 893. The minimum atomic E-state index is -0.459. The third-order valence-corrected chi connectivity index (χ3v) is 5.57. The average molecular weight is 413 g/mol. The van der Waals surface area contributed by atoms with E-state index in [9.17, 15) is 14.9 Å². The van der Waals surface area contributed by atoms with E-state index in [0.29, 0.717) is 30.9 Å². The first-order valence-electron chi connectivity index (χ1n) is 10.1. The molecule has 1 amide bonds. The predicted molar refractivity (Wildman–Crippen MR) is 115 cm³/mol. The van der Waals surface area contributed by atoms with E-state index in [0.717, 1.165) is 24.3 Å². The fourth-order valence-corrected chi connectivity index (χ4v) is 3.73. The molecule has 1 aliphatic heterocycles. The van der Waals surface area contributed by atoms with Gasteiger partial charge in [0.2, 0.25) is 0 Å². The molecular weight excluding hydrogens is 384 g/mol. The number of benzene rings is 2. The van der Waals surface area contributed by atoms with Crippen molar-refractivity contribution in [1.82, 2.24) is 5.32 Å². The van der Waals surface area contributed by atoms with Gasteiger partial charge in [-0.25, -0.2) is 0 Å². The van der Waals surface area contributed by atoms with E-state index in [4.69, 9.17) is 4.74 Å². The van der Waals surface area contributed by atoms with Crippen LogP contribution in [0.15, 0.2) is 42.5 Å². The summed E-state index contributed by atoms with van der Waals surface area (Å²) in [4.78, 5) is 26.8. The van der Waals surface area contributed by atoms with Crippen molar-refractivity contribution in [2.75, 3.05) is 51.8 Å². The molecule has 0 aromatic heterocycles. The van der Waals surface area contributed by atoms with Gasteiger partial charge in [-0.3, -0.25) is 14.9 Å². The average Bonchev–Trinajstić information content (AvgIpc) is 2.75. The lowest BCUT2D eigenvalue weighted by molar-refractivity contribution is -0.937. The van der Waals surface area contributed by atoms with E-state index in [-0.39, 0.29) is 17.6 Å². The monoisotopic (exact) mass is 413 g/mol. The molecule has 2 aromatic carbocycles. The summed E-state index contributed by atoms with van der Waals surface area (Å²) in [7, 11) is 4.00. The molecule has 8 nitrogen and oxygen atoms in total. The van der Waals surface area contributed by atoms with Gasteiger partial charge in [-0.1, -0.05) is 18.2 Å². The molecule has 8 heteroatoms. The van der Waals surface area contributed by atoms with Gasteiger partial charge >= 0.3 is 0 Å². The van der Waals surface area contributed by atoms with Gasteiger partial charge in [0.05, 0.1) is 24.7 Å². The zero-order valence-corrected chi connectivity index (χ0v) is 17.7. The number of carbonyl (C=O) groups excluding carboxylic acids is 1. The fourth-order valence-electron chi connectivity index (χ4n) is 3.73. The van der Waals surface area contributed by atoms with Crippen molar-refractivity contribution in [2.45, 2.75) is 13.0 Å². The van der Waals surface area contributed by atoms with Gasteiger partial charge in [0, 0.05) is 42.5 Å². The number of nitrogens with zero attached hydrogens (tertiary/aromatic N) is 2. The summed E-state index contributed by atoms with van der Waals surface area (Å²) in [6.45, 7) is 5.23. The van der Waals surface area contributed by atoms with Crippen molar-refractivity contribution in [3.05, 3.63) is 69.3 Å². The number of amides is 1. The highest BCUT2D eigenvalue weighted by Gasteiger charge is 2.27. The maximum atomic E-state index is 12.7. The summed E-state index contributed by atoms with van der Waals surface area (Å²) in [5, 5.41) is 14.2. The van der Waals surface area contributed by atoms with Crippen molar-refractivity contribution >= 4 is 17.3 Å². The predicted octanol–water partition coefficient (Wildman–Crippen LogP) is 1.36. The first-order valence-corrected chi connectivity index (χ1v) is 10.1. The first kappa shape index (κ1) is 21.7. The van der Waals surface area contributed by atoms with Crippen molar-refractivity contribution in [3.63, 3.8) is 0 Å². The van der Waals surface area contributed by atoms with Crippen LogP contribution in [0.3, 0.4) is 0 Å². The Morgan fingerprint density at radius 3 is 2.47 bits per heavy atom. The van der Waals surface area contributed by atoms with Crippen LogP contribution in [0.1, 0.15) is 27.5 Å². The van der Waals surface area contributed by atoms with Crippen LogP contribution in [0.25, 0.3) is 0 Å². The van der Waals surface area contributed by atoms with Crippen molar-refractivity contribution in [2.24, 2.45) is 0 Å². The number of nitrogens with one attached hydrogen (secondary N) is 2. The molecule has 30 heavy (non-hydrogen) atoms. The van der Waals surface area contributed by atoms with Crippen LogP contribution in [-0.4, -0.2) is 57.8 Å². The number of morpholine rings is 1. The SMILES string of the molecule is Cc1ccc(C(=O)NC[C@@H](c2ccc(N(C)C)cc2)[NH+]2CCOCC2)cc1[N+](=O)[O-]. The molecule has 1 fully saturated rings. The number of rotatable bonds is 7. The summed E-state index contributed by atoms with van der Waals surface area (Å²) < 4.78 is 5.50. The Hall–Kier alpha value is -2.97. The molecule has 160 valence electrons. The van der Waals surface area contributed by atoms with Gasteiger partial charge in [-0.2, -0.15) is 0 Å². The number of nitro groups is 1. The Morgan fingerprint density at radius 2 is 1.87 bits per heavy atom.